The second kappa shape index (κ2) is 8.51. The summed E-state index contributed by atoms with van der Waals surface area (Å²) in [5.41, 5.74) is 2.10. The van der Waals surface area contributed by atoms with Crippen molar-refractivity contribution in [1.29, 1.82) is 0 Å². The fourth-order valence-corrected chi connectivity index (χ4v) is 3.25. The first-order valence-electron chi connectivity index (χ1n) is 9.38. The number of benzene rings is 1. The Kier molecular flexibility index (Phi) is 6.11. The van der Waals surface area contributed by atoms with Crippen molar-refractivity contribution in [3.05, 3.63) is 47.0 Å². The smallest absolute Gasteiger partial charge is 0.251 e. The summed E-state index contributed by atoms with van der Waals surface area (Å²) in [5.74, 6) is 5.86. The van der Waals surface area contributed by atoms with Crippen molar-refractivity contribution in [3.63, 3.8) is 0 Å². The van der Waals surface area contributed by atoms with Crippen molar-refractivity contribution in [2.24, 2.45) is 5.41 Å². The summed E-state index contributed by atoms with van der Waals surface area (Å²) in [6.45, 7) is 4.36. The first kappa shape index (κ1) is 18.7. The molecule has 4 heteroatoms. The molecule has 1 atom stereocenters. The highest BCUT2D eigenvalue weighted by Crippen LogP contribution is 2.28. The normalized spacial score (nSPS) is 21.9. The van der Waals surface area contributed by atoms with Gasteiger partial charge in [-0.2, -0.15) is 0 Å². The summed E-state index contributed by atoms with van der Waals surface area (Å²) in [6, 6.07) is 7.17. The number of alkyl halides is 1. The van der Waals surface area contributed by atoms with E-state index in [-0.39, 0.29) is 11.3 Å². The van der Waals surface area contributed by atoms with Gasteiger partial charge in [-0.3, -0.25) is 4.79 Å². The molecule has 0 saturated carbocycles. The molecule has 3 nitrogen and oxygen atoms in total. The highest BCUT2D eigenvalue weighted by Gasteiger charge is 2.27. The zero-order chi connectivity index (χ0) is 18.4. The van der Waals surface area contributed by atoms with Crippen LogP contribution in [0.2, 0.25) is 0 Å². The summed E-state index contributed by atoms with van der Waals surface area (Å²) >= 11 is 0. The van der Waals surface area contributed by atoms with E-state index in [0.29, 0.717) is 24.1 Å². The first-order chi connectivity index (χ1) is 12.6. The minimum absolute atomic E-state index is 0.0731. The highest BCUT2D eigenvalue weighted by atomic mass is 19.1. The zero-order valence-corrected chi connectivity index (χ0v) is 15.3. The highest BCUT2D eigenvalue weighted by molar-refractivity contribution is 5.94. The fourth-order valence-electron chi connectivity index (χ4n) is 3.25. The van der Waals surface area contributed by atoms with Crippen molar-refractivity contribution in [1.82, 2.24) is 5.32 Å². The molecule has 3 rings (SSSR count). The molecule has 1 aromatic carbocycles. The fraction of sp³-hybridized carbons (Fsp3) is 0.500. The lowest BCUT2D eigenvalue weighted by Gasteiger charge is -2.33. The maximum atomic E-state index is 13.8. The maximum absolute atomic E-state index is 13.8. The van der Waals surface area contributed by atoms with E-state index in [9.17, 15) is 9.18 Å². The predicted molar refractivity (Wildman–Crippen MR) is 101 cm³/mol. The van der Waals surface area contributed by atoms with Crippen LogP contribution in [0.1, 0.15) is 54.9 Å². The molecular formula is C22H26FNO2. The van der Waals surface area contributed by atoms with Crippen molar-refractivity contribution < 1.29 is 13.9 Å². The minimum atomic E-state index is -0.937. The van der Waals surface area contributed by atoms with Gasteiger partial charge in [-0.1, -0.05) is 24.8 Å². The summed E-state index contributed by atoms with van der Waals surface area (Å²) < 4.78 is 19.1. The van der Waals surface area contributed by atoms with Gasteiger partial charge in [-0.05, 0) is 61.8 Å². The number of amides is 1. The molecule has 1 fully saturated rings. The summed E-state index contributed by atoms with van der Waals surface area (Å²) in [5, 5.41) is 3.03. The molecule has 1 aliphatic heterocycles. The van der Waals surface area contributed by atoms with Crippen molar-refractivity contribution >= 4 is 5.91 Å². The third-order valence-electron chi connectivity index (χ3n) is 5.24. The van der Waals surface area contributed by atoms with E-state index in [2.05, 4.69) is 24.1 Å². The Labute approximate surface area is 155 Å². The number of ether oxygens (including phenoxy) is 1. The second-order valence-corrected chi connectivity index (χ2v) is 7.49. The third kappa shape index (κ3) is 4.95. The number of hydrogen-bond acceptors (Lipinski definition) is 2. The average Bonchev–Trinajstić information content (AvgIpc) is 2.67. The Morgan fingerprint density at radius 3 is 2.69 bits per heavy atom. The molecule has 1 heterocycles. The zero-order valence-electron chi connectivity index (χ0n) is 15.3. The molecule has 1 saturated heterocycles. The van der Waals surface area contributed by atoms with Crippen LogP contribution in [0.15, 0.2) is 35.9 Å². The van der Waals surface area contributed by atoms with Crippen LogP contribution in [0.25, 0.3) is 0 Å². The lowest BCUT2D eigenvalue weighted by Crippen LogP contribution is -2.39. The summed E-state index contributed by atoms with van der Waals surface area (Å²) in [7, 11) is 0. The van der Waals surface area contributed by atoms with E-state index in [4.69, 9.17) is 4.74 Å². The number of rotatable bonds is 3. The van der Waals surface area contributed by atoms with Gasteiger partial charge >= 0.3 is 0 Å². The van der Waals surface area contributed by atoms with Crippen molar-refractivity contribution in [2.45, 2.75) is 45.2 Å². The molecule has 138 valence electrons. The van der Waals surface area contributed by atoms with E-state index in [0.717, 1.165) is 44.5 Å². The number of hydrogen-bond donors (Lipinski definition) is 1. The molecular weight excluding hydrogens is 329 g/mol. The maximum Gasteiger partial charge on any atom is 0.251 e. The van der Waals surface area contributed by atoms with Crippen molar-refractivity contribution in [2.75, 3.05) is 19.8 Å². The molecule has 1 aromatic rings. The summed E-state index contributed by atoms with van der Waals surface area (Å²) in [6.07, 6.45) is 5.23. The van der Waals surface area contributed by atoms with Gasteiger partial charge in [0.05, 0.1) is 0 Å². The topological polar surface area (TPSA) is 38.3 Å². The molecule has 1 aliphatic carbocycles. The van der Waals surface area contributed by atoms with E-state index in [1.54, 1.807) is 12.1 Å². The Bertz CT molecular complexity index is 721. The van der Waals surface area contributed by atoms with Gasteiger partial charge in [0.15, 0.2) is 0 Å². The van der Waals surface area contributed by atoms with Crippen LogP contribution in [-0.4, -0.2) is 31.8 Å². The second-order valence-electron chi connectivity index (χ2n) is 7.49. The average molecular weight is 355 g/mol. The Morgan fingerprint density at radius 2 is 2.00 bits per heavy atom. The monoisotopic (exact) mass is 355 g/mol. The van der Waals surface area contributed by atoms with Crippen LogP contribution in [-0.2, 0) is 4.74 Å². The quantitative estimate of drug-likeness (QED) is 0.831. The number of halogens is 1. The number of carbonyl (C=O) groups is 1. The van der Waals surface area contributed by atoms with E-state index in [1.165, 1.54) is 0 Å². The number of nitrogens with one attached hydrogen (secondary N) is 1. The van der Waals surface area contributed by atoms with Crippen LogP contribution >= 0.6 is 0 Å². The molecule has 1 N–H and O–H groups in total. The molecule has 0 radical (unpaired) electrons. The largest absolute Gasteiger partial charge is 0.381 e. The number of allylic oxidation sites excluding steroid dienone is 2. The number of carbonyl (C=O) groups excluding carboxylic acids is 1. The van der Waals surface area contributed by atoms with E-state index < -0.39 is 6.17 Å². The Hall–Kier alpha value is -2.12. The van der Waals surface area contributed by atoms with Gasteiger partial charge in [0.2, 0.25) is 0 Å². The third-order valence-corrected chi connectivity index (χ3v) is 5.24. The Morgan fingerprint density at radius 1 is 1.27 bits per heavy atom. The molecule has 0 spiro atoms. The molecule has 2 aliphatic rings. The van der Waals surface area contributed by atoms with Gasteiger partial charge < -0.3 is 10.1 Å². The molecule has 26 heavy (non-hydrogen) atoms. The van der Waals surface area contributed by atoms with Gasteiger partial charge in [0.25, 0.3) is 5.91 Å². The van der Waals surface area contributed by atoms with E-state index >= 15 is 0 Å². The standard InChI is InChI=1S/C22H26FNO2/c1-22(12-14-26-15-13-22)16-24-21(25)19-10-7-17(8-11-19)6-9-18-4-2-3-5-20(18)23/h4,7-8,10-11,20H,2-3,5,12-16H2,1H3,(H,24,25). The van der Waals surface area contributed by atoms with Gasteiger partial charge in [-0.15, -0.1) is 0 Å². The van der Waals surface area contributed by atoms with Crippen LogP contribution in [0.5, 0.6) is 0 Å². The molecule has 0 aromatic heterocycles. The predicted octanol–water partition coefficient (Wildman–Crippen LogP) is 4.03. The van der Waals surface area contributed by atoms with Gasteiger partial charge in [-0.25, -0.2) is 4.39 Å². The summed E-state index contributed by atoms with van der Waals surface area (Å²) in [4.78, 5) is 12.4. The minimum Gasteiger partial charge on any atom is -0.381 e. The van der Waals surface area contributed by atoms with E-state index in [1.807, 2.05) is 18.2 Å². The van der Waals surface area contributed by atoms with Gasteiger partial charge in [0, 0.05) is 36.5 Å². The lowest BCUT2D eigenvalue weighted by molar-refractivity contribution is 0.0238. The van der Waals surface area contributed by atoms with Crippen molar-refractivity contribution in [3.8, 4) is 11.8 Å². The van der Waals surface area contributed by atoms with Crippen LogP contribution < -0.4 is 5.32 Å². The van der Waals surface area contributed by atoms with Crippen LogP contribution in [0, 0.1) is 17.3 Å². The van der Waals surface area contributed by atoms with Crippen LogP contribution in [0.3, 0.4) is 0 Å². The lowest BCUT2D eigenvalue weighted by atomic mass is 9.82. The molecule has 0 bridgehead atoms. The SMILES string of the molecule is CC1(CNC(=O)c2ccc(C#CC3=CCCCC3F)cc2)CCOCC1. The first-order valence-corrected chi connectivity index (χ1v) is 9.38. The Balaban J connectivity index is 1.57. The molecule has 1 unspecified atom stereocenters. The van der Waals surface area contributed by atoms with Gasteiger partial charge in [0.1, 0.15) is 6.17 Å². The molecule has 1 amide bonds. The van der Waals surface area contributed by atoms with Crippen LogP contribution in [0.4, 0.5) is 4.39 Å².